The highest BCUT2D eigenvalue weighted by atomic mass is 79.9. The van der Waals surface area contributed by atoms with Gasteiger partial charge in [-0.15, -0.1) is 0 Å². The molecule has 36 heavy (non-hydrogen) atoms. The molecule has 1 saturated heterocycles. The van der Waals surface area contributed by atoms with Gasteiger partial charge in [0, 0.05) is 17.8 Å². The lowest BCUT2D eigenvalue weighted by atomic mass is 10.1. The zero-order valence-electron chi connectivity index (χ0n) is 19.6. The van der Waals surface area contributed by atoms with Gasteiger partial charge in [-0.05, 0) is 69.4 Å². The van der Waals surface area contributed by atoms with E-state index >= 15 is 0 Å². The molecule has 8 nitrogen and oxygen atoms in total. The van der Waals surface area contributed by atoms with E-state index in [9.17, 15) is 14.9 Å². The number of thioether (sulfide) groups is 1. The molecule has 0 spiro atoms. The topological polar surface area (TPSA) is 103 Å². The summed E-state index contributed by atoms with van der Waals surface area (Å²) < 4.78 is 12.1. The fourth-order valence-electron chi connectivity index (χ4n) is 3.58. The number of rotatable bonds is 9. The van der Waals surface area contributed by atoms with Crippen LogP contribution in [-0.4, -0.2) is 23.4 Å². The first-order valence-electron chi connectivity index (χ1n) is 11.1. The van der Waals surface area contributed by atoms with Crippen molar-refractivity contribution in [2.45, 2.75) is 25.4 Å². The Morgan fingerprint density at radius 2 is 1.94 bits per heavy atom. The van der Waals surface area contributed by atoms with Crippen LogP contribution in [-0.2, 0) is 17.8 Å². The predicted molar refractivity (Wildman–Crippen MR) is 145 cm³/mol. The largest absolute Gasteiger partial charge is 0.493 e. The van der Waals surface area contributed by atoms with Gasteiger partial charge >= 0.3 is 0 Å². The molecule has 0 bridgehead atoms. The Kier molecular flexibility index (Phi) is 8.17. The Bertz CT molecular complexity index is 1310. The number of amides is 1. The van der Waals surface area contributed by atoms with Gasteiger partial charge in [0.25, 0.3) is 11.6 Å². The number of nitro groups is 1. The lowest BCUT2D eigenvalue weighted by molar-refractivity contribution is -0.384. The number of nitro benzene ring substituents is 1. The molecule has 1 fully saturated rings. The molecule has 10 heteroatoms. The number of carbonyl (C=O) groups excluding carboxylic acids is 1. The third kappa shape index (κ3) is 6.19. The molecular formula is C26H24BrN3O5S. The van der Waals surface area contributed by atoms with E-state index in [1.807, 2.05) is 18.2 Å². The molecule has 2 N–H and O–H groups in total. The van der Waals surface area contributed by atoms with Gasteiger partial charge in [0.15, 0.2) is 17.0 Å². The van der Waals surface area contributed by atoms with Crippen LogP contribution in [0.4, 0.5) is 11.4 Å². The quantitative estimate of drug-likeness (QED) is 0.182. The van der Waals surface area contributed by atoms with Crippen LogP contribution in [0.25, 0.3) is 6.08 Å². The summed E-state index contributed by atoms with van der Waals surface area (Å²) in [4.78, 5) is 23.7. The number of carbonyl (C=O) groups is 1. The van der Waals surface area contributed by atoms with Crippen molar-refractivity contribution in [2.24, 2.45) is 0 Å². The maximum Gasteiger partial charge on any atom is 0.269 e. The highest BCUT2D eigenvalue weighted by Crippen LogP contribution is 2.39. The number of hydrogen-bond donors (Lipinski definition) is 2. The van der Waals surface area contributed by atoms with Crippen LogP contribution >= 0.6 is 27.7 Å². The van der Waals surface area contributed by atoms with E-state index in [1.54, 1.807) is 24.3 Å². The second-order valence-corrected chi connectivity index (χ2v) is 9.93. The average Bonchev–Trinajstić information content (AvgIpc) is 3.21. The van der Waals surface area contributed by atoms with Gasteiger partial charge in [-0.3, -0.25) is 14.9 Å². The van der Waals surface area contributed by atoms with Gasteiger partial charge < -0.3 is 20.1 Å². The highest BCUT2D eigenvalue weighted by molar-refractivity contribution is 9.10. The number of nitrogens with one attached hydrogen (secondary N) is 2. The van der Waals surface area contributed by atoms with Crippen LogP contribution in [0.5, 0.6) is 11.5 Å². The summed E-state index contributed by atoms with van der Waals surface area (Å²) >= 11 is 4.92. The fourth-order valence-corrected chi connectivity index (χ4v) is 5.14. The van der Waals surface area contributed by atoms with E-state index in [0.29, 0.717) is 26.4 Å². The molecule has 3 aromatic rings. The average molecular weight is 570 g/mol. The van der Waals surface area contributed by atoms with Gasteiger partial charge in [0.1, 0.15) is 6.61 Å². The molecule has 0 aliphatic carbocycles. The van der Waals surface area contributed by atoms with Crippen molar-refractivity contribution in [1.29, 1.82) is 0 Å². The molecule has 0 aromatic heterocycles. The molecular weight excluding hydrogens is 546 g/mol. The van der Waals surface area contributed by atoms with Crippen molar-refractivity contribution in [3.63, 3.8) is 0 Å². The lowest BCUT2D eigenvalue weighted by Crippen LogP contribution is -2.30. The molecule has 1 aliphatic heterocycles. The first kappa shape index (κ1) is 25.6. The number of halogens is 1. The summed E-state index contributed by atoms with van der Waals surface area (Å²) in [5, 5.41) is 17.3. The number of benzene rings is 3. The normalized spacial score (nSPS) is 16.0. The monoisotopic (exact) mass is 569 g/mol. The number of non-ortho nitro benzene ring substituents is 1. The molecule has 0 radical (unpaired) electrons. The number of nitrogens with zero attached hydrogens (tertiary/aromatic N) is 1. The number of aryl methyl sites for hydroxylation is 1. The van der Waals surface area contributed by atoms with Gasteiger partial charge in [-0.2, -0.15) is 0 Å². The van der Waals surface area contributed by atoms with Crippen molar-refractivity contribution < 1.29 is 19.2 Å². The zero-order valence-corrected chi connectivity index (χ0v) is 22.0. The Labute approximate surface area is 221 Å². The van der Waals surface area contributed by atoms with Crippen molar-refractivity contribution in [2.75, 3.05) is 12.4 Å². The van der Waals surface area contributed by atoms with Crippen molar-refractivity contribution >= 4 is 51.0 Å². The zero-order chi connectivity index (χ0) is 25.7. The number of methoxy groups -OCH3 is 1. The summed E-state index contributed by atoms with van der Waals surface area (Å²) in [6, 6.07) is 18.0. The van der Waals surface area contributed by atoms with E-state index in [4.69, 9.17) is 9.47 Å². The van der Waals surface area contributed by atoms with Gasteiger partial charge in [-0.25, -0.2) is 0 Å². The minimum Gasteiger partial charge on any atom is -0.493 e. The number of hydrogen-bond acceptors (Lipinski definition) is 7. The minimum atomic E-state index is -0.443. The maximum atomic E-state index is 12.6. The van der Waals surface area contributed by atoms with E-state index in [-0.39, 0.29) is 23.7 Å². The summed E-state index contributed by atoms with van der Waals surface area (Å²) in [5.41, 5.74) is 3.32. The predicted octanol–water partition coefficient (Wildman–Crippen LogP) is 6.11. The van der Waals surface area contributed by atoms with Gasteiger partial charge in [0.2, 0.25) is 0 Å². The second kappa shape index (κ2) is 11.5. The smallest absolute Gasteiger partial charge is 0.269 e. The number of anilines is 1. The molecule has 3 aromatic carbocycles. The summed E-state index contributed by atoms with van der Waals surface area (Å²) in [6.07, 6.45) is 2.76. The summed E-state index contributed by atoms with van der Waals surface area (Å²) in [7, 11) is 1.53. The van der Waals surface area contributed by atoms with Crippen LogP contribution in [0.15, 0.2) is 70.0 Å². The molecule has 4 rings (SSSR count). The first-order valence-corrected chi connectivity index (χ1v) is 12.8. The Balaban J connectivity index is 1.47. The maximum absolute atomic E-state index is 12.6. The van der Waals surface area contributed by atoms with Crippen LogP contribution in [0, 0.1) is 10.1 Å². The Morgan fingerprint density at radius 1 is 1.17 bits per heavy atom. The van der Waals surface area contributed by atoms with Crippen LogP contribution < -0.4 is 20.1 Å². The van der Waals surface area contributed by atoms with E-state index in [0.717, 1.165) is 17.7 Å². The Hall–Kier alpha value is -3.50. The van der Waals surface area contributed by atoms with Crippen molar-refractivity contribution in [1.82, 2.24) is 5.32 Å². The highest BCUT2D eigenvalue weighted by Gasteiger charge is 2.27. The molecule has 0 unspecified atom stereocenters. The fraction of sp³-hybridized carbons (Fsp3) is 0.192. The summed E-state index contributed by atoms with van der Waals surface area (Å²) in [6.45, 7) is 2.23. The van der Waals surface area contributed by atoms with Gasteiger partial charge in [-0.1, -0.05) is 43.0 Å². The van der Waals surface area contributed by atoms with Crippen LogP contribution in [0.2, 0.25) is 0 Å². The summed E-state index contributed by atoms with van der Waals surface area (Å²) in [5.74, 6) is 0.768. The molecule has 186 valence electrons. The molecule has 1 atom stereocenters. The van der Waals surface area contributed by atoms with Crippen molar-refractivity contribution in [3.8, 4) is 11.5 Å². The third-order valence-electron chi connectivity index (χ3n) is 5.44. The third-order valence-corrected chi connectivity index (χ3v) is 7.06. The first-order chi connectivity index (χ1) is 17.4. The Morgan fingerprint density at radius 3 is 2.64 bits per heavy atom. The molecule has 1 aliphatic rings. The van der Waals surface area contributed by atoms with Crippen LogP contribution in [0.3, 0.4) is 0 Å². The SMILES string of the molecule is CCc1ccc(N[C@H]2NC(=O)/C(=C/c3cc(Br)c(OCc4cccc([N+](=O)[O-])c4)c(OC)c3)S2)cc1. The molecule has 0 saturated carbocycles. The second-order valence-electron chi connectivity index (χ2n) is 7.92. The standard InChI is InChI=1S/C26H24BrN3O5S/c1-3-16-7-9-19(10-8-16)28-26-29-25(31)23(36-26)14-18-12-21(27)24(22(13-18)34-2)35-15-17-5-4-6-20(11-17)30(32)33/h4-14,26,28H,3,15H2,1-2H3,(H,29,31)/b23-14-/t26-/m0/s1. The van der Waals surface area contributed by atoms with E-state index in [2.05, 4.69) is 45.6 Å². The molecule has 1 heterocycles. The number of ether oxygens (including phenoxy) is 2. The molecule has 1 amide bonds. The lowest BCUT2D eigenvalue weighted by Gasteiger charge is -2.14. The van der Waals surface area contributed by atoms with Crippen LogP contribution in [0.1, 0.15) is 23.6 Å². The van der Waals surface area contributed by atoms with Crippen molar-refractivity contribution in [3.05, 3.63) is 96.8 Å². The minimum absolute atomic E-state index is 0.00205. The van der Waals surface area contributed by atoms with E-state index in [1.165, 1.54) is 36.6 Å². The van der Waals surface area contributed by atoms with Gasteiger partial charge in [0.05, 0.1) is 21.4 Å². The van der Waals surface area contributed by atoms with E-state index < -0.39 is 4.92 Å².